The third-order valence-electron chi connectivity index (χ3n) is 3.52. The molecule has 0 bridgehead atoms. The Morgan fingerprint density at radius 2 is 2.26 bits per heavy atom. The van der Waals surface area contributed by atoms with Crippen LogP contribution in [-0.2, 0) is 16.0 Å². The van der Waals surface area contributed by atoms with E-state index in [2.05, 4.69) is 15.4 Å². The molecule has 1 saturated heterocycles. The van der Waals surface area contributed by atoms with Gasteiger partial charge in [-0.1, -0.05) is 0 Å². The molecule has 2 N–H and O–H groups in total. The lowest BCUT2D eigenvalue weighted by atomic mass is 9.91. The van der Waals surface area contributed by atoms with Gasteiger partial charge in [-0.25, -0.2) is 9.99 Å². The Hall–Kier alpha value is -1.18. The lowest BCUT2D eigenvalue weighted by Crippen LogP contribution is -2.40. The highest BCUT2D eigenvalue weighted by Gasteiger charge is 2.30. The van der Waals surface area contributed by atoms with Crippen LogP contribution in [0.3, 0.4) is 0 Å². The summed E-state index contributed by atoms with van der Waals surface area (Å²) < 4.78 is 5.29. The number of carboxylic acid groups (broad SMARTS) is 1. The van der Waals surface area contributed by atoms with E-state index in [0.29, 0.717) is 6.42 Å². The molecule has 1 aromatic heterocycles. The zero-order valence-corrected chi connectivity index (χ0v) is 11.4. The van der Waals surface area contributed by atoms with Crippen LogP contribution >= 0.6 is 11.3 Å². The maximum Gasteiger partial charge on any atom is 0.312 e. The van der Waals surface area contributed by atoms with Crippen LogP contribution in [0.1, 0.15) is 29.3 Å². The zero-order chi connectivity index (χ0) is 13.2. The number of hydrogen-bond donors (Lipinski definition) is 2. The van der Waals surface area contributed by atoms with E-state index in [-0.39, 0.29) is 0 Å². The summed E-state index contributed by atoms with van der Waals surface area (Å²) in [6.07, 6.45) is 2.58. The fraction of sp³-hybridized carbons (Fsp3) is 0.667. The van der Waals surface area contributed by atoms with E-state index in [9.17, 15) is 9.90 Å². The van der Waals surface area contributed by atoms with Crippen molar-refractivity contribution >= 4 is 22.4 Å². The first kappa shape index (κ1) is 12.8. The second-order valence-corrected chi connectivity index (χ2v) is 5.91. The summed E-state index contributed by atoms with van der Waals surface area (Å²) in [7, 11) is 0. The summed E-state index contributed by atoms with van der Waals surface area (Å²) in [6, 6.07) is 0. The summed E-state index contributed by atoms with van der Waals surface area (Å²) in [4.78, 5) is 16.8. The number of aryl methyl sites for hydroxylation is 1. The molecule has 0 aromatic carbocycles. The molecule has 1 aliphatic carbocycles. The summed E-state index contributed by atoms with van der Waals surface area (Å²) in [5.74, 6) is -1.19. The lowest BCUT2D eigenvalue weighted by Gasteiger charge is -2.26. The van der Waals surface area contributed by atoms with Crippen molar-refractivity contribution in [1.82, 2.24) is 9.99 Å². The van der Waals surface area contributed by atoms with Crippen LogP contribution in [0.5, 0.6) is 0 Å². The highest BCUT2D eigenvalue weighted by atomic mass is 32.1. The Morgan fingerprint density at radius 3 is 3.00 bits per heavy atom. The van der Waals surface area contributed by atoms with Crippen molar-refractivity contribution in [1.29, 1.82) is 0 Å². The fourth-order valence-corrected chi connectivity index (χ4v) is 3.61. The maximum absolute atomic E-state index is 11.2. The number of carbonyl (C=O) groups is 1. The van der Waals surface area contributed by atoms with Crippen molar-refractivity contribution < 1.29 is 14.6 Å². The standard InChI is InChI=1S/C12H17N3O3S/c16-11(17)8-2-1-3-9-10(8)13-12(19-9)14-15-4-6-18-7-5-15/h8H,1-7H2,(H,13,14)(H,16,17). The Labute approximate surface area is 115 Å². The molecule has 1 fully saturated rings. The van der Waals surface area contributed by atoms with Crippen molar-refractivity contribution in [3.05, 3.63) is 10.6 Å². The van der Waals surface area contributed by atoms with Gasteiger partial charge in [0.05, 0.1) is 18.9 Å². The summed E-state index contributed by atoms with van der Waals surface area (Å²) in [5.41, 5.74) is 4.03. The highest BCUT2D eigenvalue weighted by molar-refractivity contribution is 7.15. The Kier molecular flexibility index (Phi) is 3.67. The normalized spacial score (nSPS) is 23.9. The fourth-order valence-electron chi connectivity index (χ4n) is 2.52. The van der Waals surface area contributed by atoms with Gasteiger partial charge in [-0.2, -0.15) is 0 Å². The molecule has 0 radical (unpaired) electrons. The number of thiazole rings is 1. The number of aromatic nitrogens is 1. The van der Waals surface area contributed by atoms with Crippen LogP contribution in [-0.4, -0.2) is 47.4 Å². The van der Waals surface area contributed by atoms with Crippen molar-refractivity contribution in [3.8, 4) is 0 Å². The predicted molar refractivity (Wildman–Crippen MR) is 71.4 cm³/mol. The maximum atomic E-state index is 11.2. The van der Waals surface area contributed by atoms with Gasteiger partial charge in [-0.3, -0.25) is 10.2 Å². The number of ether oxygens (including phenoxy) is 1. The molecule has 3 rings (SSSR count). The lowest BCUT2D eigenvalue weighted by molar-refractivity contribution is -0.139. The van der Waals surface area contributed by atoms with Crippen LogP contribution in [0.2, 0.25) is 0 Å². The van der Waals surface area contributed by atoms with Crippen LogP contribution in [0.4, 0.5) is 5.13 Å². The van der Waals surface area contributed by atoms with E-state index in [1.165, 1.54) is 0 Å². The van der Waals surface area contributed by atoms with E-state index in [4.69, 9.17) is 4.74 Å². The molecule has 0 spiro atoms. The van der Waals surface area contributed by atoms with E-state index >= 15 is 0 Å². The first-order valence-corrected chi connectivity index (χ1v) is 7.37. The van der Waals surface area contributed by atoms with Gasteiger partial charge in [0.25, 0.3) is 0 Å². The van der Waals surface area contributed by atoms with Crippen LogP contribution in [0.15, 0.2) is 0 Å². The molecule has 19 heavy (non-hydrogen) atoms. The van der Waals surface area contributed by atoms with E-state index < -0.39 is 11.9 Å². The third-order valence-corrected chi connectivity index (χ3v) is 4.55. The Morgan fingerprint density at radius 1 is 1.47 bits per heavy atom. The Bertz CT molecular complexity index is 471. The van der Waals surface area contributed by atoms with Gasteiger partial charge in [-0.15, -0.1) is 11.3 Å². The average molecular weight is 283 g/mol. The minimum Gasteiger partial charge on any atom is -0.481 e. The number of fused-ring (bicyclic) bond motifs is 1. The highest BCUT2D eigenvalue weighted by Crippen LogP contribution is 2.36. The van der Waals surface area contributed by atoms with Gasteiger partial charge in [0, 0.05) is 18.0 Å². The molecule has 1 aromatic rings. The minimum atomic E-state index is -0.760. The largest absolute Gasteiger partial charge is 0.481 e. The number of rotatable bonds is 3. The molecule has 2 heterocycles. The first-order chi connectivity index (χ1) is 9.24. The topological polar surface area (TPSA) is 74.7 Å². The van der Waals surface area contributed by atoms with Gasteiger partial charge in [0.1, 0.15) is 5.92 Å². The number of carboxylic acids is 1. The van der Waals surface area contributed by atoms with Gasteiger partial charge in [0.15, 0.2) is 5.13 Å². The summed E-state index contributed by atoms with van der Waals surface area (Å²) in [5, 5.41) is 12.1. The molecule has 0 amide bonds. The first-order valence-electron chi connectivity index (χ1n) is 6.56. The van der Waals surface area contributed by atoms with Crippen molar-refractivity contribution in [2.45, 2.75) is 25.2 Å². The van der Waals surface area contributed by atoms with Crippen molar-refractivity contribution in [2.75, 3.05) is 31.7 Å². The van der Waals surface area contributed by atoms with E-state index in [1.807, 2.05) is 0 Å². The molecule has 0 saturated carbocycles. The summed E-state index contributed by atoms with van der Waals surface area (Å²) in [6.45, 7) is 3.09. The van der Waals surface area contributed by atoms with Gasteiger partial charge < -0.3 is 9.84 Å². The number of hydrazine groups is 1. The zero-order valence-electron chi connectivity index (χ0n) is 10.6. The third kappa shape index (κ3) is 2.72. The minimum absolute atomic E-state index is 0.430. The Balaban J connectivity index is 1.75. The van der Waals surface area contributed by atoms with Crippen molar-refractivity contribution in [3.63, 3.8) is 0 Å². The SMILES string of the molecule is O=C(O)C1CCCc2sc(NN3CCOCC3)nc21. The van der Waals surface area contributed by atoms with E-state index in [1.54, 1.807) is 11.3 Å². The number of morpholine rings is 1. The number of nitrogens with one attached hydrogen (secondary N) is 1. The van der Waals surface area contributed by atoms with Gasteiger partial charge >= 0.3 is 5.97 Å². The number of nitrogens with zero attached hydrogens (tertiary/aromatic N) is 2. The molecule has 7 heteroatoms. The number of anilines is 1. The monoisotopic (exact) mass is 283 g/mol. The molecule has 1 unspecified atom stereocenters. The smallest absolute Gasteiger partial charge is 0.312 e. The second-order valence-electron chi connectivity index (χ2n) is 4.82. The molecule has 2 aliphatic rings. The molecule has 1 atom stereocenters. The molecular weight excluding hydrogens is 266 g/mol. The predicted octanol–water partition coefficient (Wildman–Crippen LogP) is 1.31. The average Bonchev–Trinajstić information content (AvgIpc) is 2.81. The molecule has 6 nitrogen and oxygen atoms in total. The van der Waals surface area contributed by atoms with Gasteiger partial charge in [-0.05, 0) is 19.3 Å². The molecule has 104 valence electrons. The van der Waals surface area contributed by atoms with Crippen molar-refractivity contribution in [2.24, 2.45) is 0 Å². The quantitative estimate of drug-likeness (QED) is 0.871. The second kappa shape index (κ2) is 5.44. The van der Waals surface area contributed by atoms with Crippen LogP contribution in [0, 0.1) is 0 Å². The van der Waals surface area contributed by atoms with Gasteiger partial charge in [0.2, 0.25) is 0 Å². The summed E-state index contributed by atoms with van der Waals surface area (Å²) >= 11 is 1.58. The van der Waals surface area contributed by atoms with E-state index in [0.717, 1.165) is 54.8 Å². The van der Waals surface area contributed by atoms with Crippen LogP contribution < -0.4 is 5.43 Å². The number of hydrogen-bond acceptors (Lipinski definition) is 6. The van der Waals surface area contributed by atoms with Crippen LogP contribution in [0.25, 0.3) is 0 Å². The number of aliphatic carboxylic acids is 1. The molecular formula is C12H17N3O3S. The molecule has 1 aliphatic heterocycles.